The predicted octanol–water partition coefficient (Wildman–Crippen LogP) is 0.973. The fourth-order valence-electron chi connectivity index (χ4n) is 1.93. The summed E-state index contributed by atoms with van der Waals surface area (Å²) in [5.41, 5.74) is 0.800. The fraction of sp³-hybridized carbons (Fsp3) is 0.308. The summed E-state index contributed by atoms with van der Waals surface area (Å²) >= 11 is 0. The first-order valence-electron chi connectivity index (χ1n) is 6.04. The van der Waals surface area contributed by atoms with E-state index in [2.05, 4.69) is 5.32 Å². The number of aryl methyl sites for hydroxylation is 1. The summed E-state index contributed by atoms with van der Waals surface area (Å²) in [4.78, 5) is 25.3. The van der Waals surface area contributed by atoms with Gasteiger partial charge in [0.15, 0.2) is 6.19 Å². The van der Waals surface area contributed by atoms with E-state index in [0.29, 0.717) is 6.54 Å². The van der Waals surface area contributed by atoms with E-state index in [1.165, 1.54) is 12.1 Å². The maximum absolute atomic E-state index is 13.7. The first kappa shape index (κ1) is 13.8. The molecule has 3 amide bonds. The molecule has 1 aromatic rings. The number of hydrogen-bond donors (Lipinski definition) is 1. The van der Waals surface area contributed by atoms with Crippen LogP contribution >= 0.6 is 0 Å². The highest BCUT2D eigenvalue weighted by atomic mass is 19.1. The van der Waals surface area contributed by atoms with E-state index in [1.54, 1.807) is 19.2 Å². The van der Waals surface area contributed by atoms with Crippen molar-refractivity contribution in [2.45, 2.75) is 6.92 Å². The van der Waals surface area contributed by atoms with Gasteiger partial charge in [-0.2, -0.15) is 5.26 Å². The number of anilines is 1. The van der Waals surface area contributed by atoms with Crippen molar-refractivity contribution in [3.63, 3.8) is 0 Å². The van der Waals surface area contributed by atoms with Crippen molar-refractivity contribution in [1.29, 1.82) is 5.26 Å². The van der Waals surface area contributed by atoms with E-state index in [9.17, 15) is 14.0 Å². The Labute approximate surface area is 115 Å². The zero-order chi connectivity index (χ0) is 14.7. The number of imide groups is 1. The molecule has 1 aliphatic rings. The Morgan fingerprint density at radius 1 is 1.60 bits per heavy atom. The molecule has 20 heavy (non-hydrogen) atoms. The molecule has 0 bridgehead atoms. The lowest BCUT2D eigenvalue weighted by atomic mass is 10.2. The third-order valence-corrected chi connectivity index (χ3v) is 2.96. The Hall–Kier alpha value is -2.62. The van der Waals surface area contributed by atoms with Crippen LogP contribution in [0.5, 0.6) is 0 Å². The van der Waals surface area contributed by atoms with E-state index >= 15 is 0 Å². The van der Waals surface area contributed by atoms with Crippen LogP contribution < -0.4 is 10.2 Å². The van der Waals surface area contributed by atoms with Crippen molar-refractivity contribution in [3.8, 4) is 6.19 Å². The van der Waals surface area contributed by atoms with Crippen LogP contribution in [0.25, 0.3) is 0 Å². The number of nitrogens with zero attached hydrogens (tertiary/aromatic N) is 3. The van der Waals surface area contributed by atoms with Crippen molar-refractivity contribution >= 4 is 17.6 Å². The van der Waals surface area contributed by atoms with E-state index in [0.717, 1.165) is 15.4 Å². The summed E-state index contributed by atoms with van der Waals surface area (Å²) in [5.74, 6) is -1.13. The molecule has 1 N–H and O–H groups in total. The van der Waals surface area contributed by atoms with Gasteiger partial charge in [0.25, 0.3) is 5.91 Å². The first-order valence-corrected chi connectivity index (χ1v) is 6.04. The van der Waals surface area contributed by atoms with Crippen LogP contribution in [0.4, 0.5) is 14.9 Å². The normalized spacial score (nSPS) is 13.8. The molecule has 7 heteroatoms. The van der Waals surface area contributed by atoms with Gasteiger partial charge in [0.1, 0.15) is 12.4 Å². The van der Waals surface area contributed by atoms with E-state index in [-0.39, 0.29) is 18.8 Å². The average molecular weight is 276 g/mol. The summed E-state index contributed by atoms with van der Waals surface area (Å²) < 4.78 is 13.7. The molecule has 104 valence electrons. The zero-order valence-corrected chi connectivity index (χ0v) is 10.9. The molecule has 2 rings (SSSR count). The number of rotatable bonds is 3. The minimum Gasteiger partial charge on any atom is -0.336 e. The van der Waals surface area contributed by atoms with Gasteiger partial charge in [0, 0.05) is 13.1 Å². The van der Waals surface area contributed by atoms with Crippen molar-refractivity contribution < 1.29 is 14.0 Å². The molecular formula is C13H13FN4O2. The van der Waals surface area contributed by atoms with Gasteiger partial charge in [-0.15, -0.1) is 0 Å². The van der Waals surface area contributed by atoms with Crippen molar-refractivity contribution in [3.05, 3.63) is 29.6 Å². The van der Waals surface area contributed by atoms with Gasteiger partial charge in [0.2, 0.25) is 0 Å². The lowest BCUT2D eigenvalue weighted by molar-refractivity contribution is -0.126. The largest absolute Gasteiger partial charge is 0.336 e. The summed E-state index contributed by atoms with van der Waals surface area (Å²) in [7, 11) is 0. The highest BCUT2D eigenvalue weighted by molar-refractivity contribution is 5.98. The van der Waals surface area contributed by atoms with Gasteiger partial charge in [-0.3, -0.25) is 14.6 Å². The second kappa shape index (κ2) is 5.57. The Bertz CT molecular complexity index is 597. The number of carbonyl (C=O) groups excluding carboxylic acids is 2. The Balaban J connectivity index is 2.17. The number of amides is 3. The van der Waals surface area contributed by atoms with Crippen molar-refractivity contribution in [2.75, 3.05) is 24.5 Å². The summed E-state index contributed by atoms with van der Waals surface area (Å²) in [6.07, 6.45) is 1.77. The summed E-state index contributed by atoms with van der Waals surface area (Å²) in [5, 5.41) is 11.6. The molecule has 1 aromatic carbocycles. The number of hydrogen-bond acceptors (Lipinski definition) is 4. The first-order chi connectivity index (χ1) is 9.52. The van der Waals surface area contributed by atoms with Crippen LogP contribution in [-0.2, 0) is 4.79 Å². The average Bonchev–Trinajstić information content (AvgIpc) is 2.85. The highest BCUT2D eigenvalue weighted by Crippen LogP contribution is 2.20. The third-order valence-electron chi connectivity index (χ3n) is 2.96. The van der Waals surface area contributed by atoms with E-state index < -0.39 is 17.8 Å². The van der Waals surface area contributed by atoms with Gasteiger partial charge in [-0.25, -0.2) is 9.18 Å². The van der Waals surface area contributed by atoms with Crippen molar-refractivity contribution in [2.24, 2.45) is 0 Å². The lowest BCUT2D eigenvalue weighted by Crippen LogP contribution is -2.40. The zero-order valence-electron chi connectivity index (χ0n) is 10.9. The smallest absolute Gasteiger partial charge is 0.324 e. The van der Waals surface area contributed by atoms with Gasteiger partial charge >= 0.3 is 6.03 Å². The molecule has 6 nitrogen and oxygen atoms in total. The monoisotopic (exact) mass is 276 g/mol. The molecule has 0 atom stereocenters. The van der Waals surface area contributed by atoms with Crippen LogP contribution in [0.2, 0.25) is 0 Å². The number of halogens is 1. The van der Waals surface area contributed by atoms with Crippen molar-refractivity contribution in [1.82, 2.24) is 10.2 Å². The van der Waals surface area contributed by atoms with Crippen LogP contribution in [0.1, 0.15) is 5.56 Å². The second-order valence-corrected chi connectivity index (χ2v) is 4.42. The topological polar surface area (TPSA) is 76.4 Å². The van der Waals surface area contributed by atoms with Gasteiger partial charge in [-0.1, -0.05) is 6.07 Å². The Morgan fingerprint density at radius 3 is 2.95 bits per heavy atom. The molecule has 0 aliphatic carbocycles. The fourth-order valence-corrected chi connectivity index (χ4v) is 1.93. The molecule has 0 saturated carbocycles. The molecule has 0 radical (unpaired) electrons. The van der Waals surface area contributed by atoms with Gasteiger partial charge in [0.05, 0.1) is 5.69 Å². The number of nitriles is 1. The number of carbonyl (C=O) groups is 2. The van der Waals surface area contributed by atoms with Crippen LogP contribution in [0.15, 0.2) is 18.2 Å². The lowest BCUT2D eigenvalue weighted by Gasteiger charge is -2.19. The number of benzene rings is 1. The molecular weight excluding hydrogens is 263 g/mol. The molecule has 0 unspecified atom stereocenters. The van der Waals surface area contributed by atoms with Crippen LogP contribution in [0, 0.1) is 24.2 Å². The molecule has 0 spiro atoms. The number of urea groups is 1. The van der Waals surface area contributed by atoms with Crippen LogP contribution in [-0.4, -0.2) is 36.5 Å². The Kier molecular flexibility index (Phi) is 3.84. The van der Waals surface area contributed by atoms with E-state index in [1.807, 2.05) is 0 Å². The minimum absolute atomic E-state index is 0.0282. The molecule has 1 saturated heterocycles. The SMILES string of the molecule is Cc1ccc(F)c(N(C#N)CC(=O)N2CCNC2=O)c1. The maximum atomic E-state index is 13.7. The van der Waals surface area contributed by atoms with E-state index in [4.69, 9.17) is 5.26 Å². The molecule has 1 heterocycles. The molecule has 0 aromatic heterocycles. The second-order valence-electron chi connectivity index (χ2n) is 4.42. The predicted molar refractivity (Wildman–Crippen MR) is 69.2 cm³/mol. The van der Waals surface area contributed by atoms with Gasteiger partial charge in [-0.05, 0) is 24.6 Å². The highest BCUT2D eigenvalue weighted by Gasteiger charge is 2.28. The molecule has 1 aliphatic heterocycles. The Morgan fingerprint density at radius 2 is 2.35 bits per heavy atom. The van der Waals surface area contributed by atoms with Crippen LogP contribution in [0.3, 0.4) is 0 Å². The van der Waals surface area contributed by atoms with Gasteiger partial charge < -0.3 is 5.32 Å². The number of nitrogens with one attached hydrogen (secondary N) is 1. The minimum atomic E-state index is -0.587. The standard InChI is InChI=1S/C13H13FN4O2/c1-9-2-3-10(14)11(6-9)17(8-15)7-12(19)18-5-4-16-13(18)20/h2-3,6H,4-5,7H2,1H3,(H,16,20). The summed E-state index contributed by atoms with van der Waals surface area (Å²) in [6.45, 7) is 2.03. The third kappa shape index (κ3) is 2.69. The quantitative estimate of drug-likeness (QED) is 0.659. The maximum Gasteiger partial charge on any atom is 0.324 e. The summed E-state index contributed by atoms with van der Waals surface area (Å²) in [6, 6.07) is 3.81. The molecule has 1 fully saturated rings.